The predicted molar refractivity (Wildman–Crippen MR) is 64.6 cm³/mol. The molecule has 0 atom stereocenters. The molecule has 1 rings (SSSR count). The minimum Gasteiger partial charge on any atom is -0.480 e. The van der Waals surface area contributed by atoms with Crippen LogP contribution < -0.4 is 0 Å². The monoisotopic (exact) mass is 259 g/mol. The van der Waals surface area contributed by atoms with E-state index in [0.29, 0.717) is 17.1 Å². The minimum absolute atomic E-state index is 0.304. The van der Waals surface area contributed by atoms with Gasteiger partial charge in [0.15, 0.2) is 0 Å². The van der Waals surface area contributed by atoms with Gasteiger partial charge in [-0.2, -0.15) is 0 Å². The maximum absolute atomic E-state index is 12.9. The molecular weight excluding hydrogens is 245 g/mol. The Morgan fingerprint density at radius 1 is 1.53 bits per heavy atom. The number of halogens is 2. The second-order valence-corrected chi connectivity index (χ2v) is 4.86. The fourth-order valence-electron chi connectivity index (χ4n) is 1.27. The zero-order valence-corrected chi connectivity index (χ0v) is 10.8. The lowest BCUT2D eigenvalue weighted by atomic mass is 10.0. The smallest absolute Gasteiger partial charge is 0.323 e. The molecule has 0 unspecified atom stereocenters. The van der Waals surface area contributed by atoms with Gasteiger partial charge in [0.25, 0.3) is 0 Å². The highest BCUT2D eigenvalue weighted by Crippen LogP contribution is 2.22. The van der Waals surface area contributed by atoms with Crippen molar-refractivity contribution < 1.29 is 14.3 Å². The summed E-state index contributed by atoms with van der Waals surface area (Å²) in [5.41, 5.74) is -0.303. The second-order valence-electron chi connectivity index (χ2n) is 4.46. The van der Waals surface area contributed by atoms with Crippen LogP contribution in [0.4, 0.5) is 4.39 Å². The van der Waals surface area contributed by atoms with Crippen LogP contribution in [-0.4, -0.2) is 28.6 Å². The normalized spacial score (nSPS) is 11.9. The summed E-state index contributed by atoms with van der Waals surface area (Å²) in [7, 11) is 1.69. The number of hydrogen-bond donors (Lipinski definition) is 1. The lowest BCUT2D eigenvalue weighted by Gasteiger charge is -2.31. The standard InChI is InChI=1S/C12H15ClFNO2/c1-12(2,11(16)17)15(3)7-8-4-5-9(14)6-10(8)13/h4-6H,7H2,1-3H3,(H,16,17). The molecule has 0 saturated heterocycles. The van der Waals surface area contributed by atoms with Crippen LogP contribution >= 0.6 is 11.6 Å². The third kappa shape index (κ3) is 3.17. The molecule has 1 aromatic carbocycles. The number of carboxylic acid groups (broad SMARTS) is 1. The van der Waals surface area contributed by atoms with Crippen LogP contribution in [-0.2, 0) is 11.3 Å². The number of nitrogens with zero attached hydrogens (tertiary/aromatic N) is 1. The molecule has 1 aromatic rings. The number of rotatable bonds is 4. The Bertz CT molecular complexity index is 435. The molecular formula is C12H15ClFNO2. The molecule has 0 bridgehead atoms. The molecule has 0 heterocycles. The van der Waals surface area contributed by atoms with E-state index >= 15 is 0 Å². The molecule has 1 N–H and O–H groups in total. The maximum atomic E-state index is 12.9. The van der Waals surface area contributed by atoms with Gasteiger partial charge >= 0.3 is 5.97 Å². The van der Waals surface area contributed by atoms with Crippen LogP contribution in [0.15, 0.2) is 18.2 Å². The third-order valence-electron chi connectivity index (χ3n) is 2.90. The molecule has 0 radical (unpaired) electrons. The predicted octanol–water partition coefficient (Wildman–Crippen LogP) is 2.77. The van der Waals surface area contributed by atoms with Crippen LogP contribution in [0.25, 0.3) is 0 Å². The molecule has 0 aliphatic carbocycles. The first kappa shape index (κ1) is 13.9. The summed E-state index contributed by atoms with van der Waals surface area (Å²) in [6.45, 7) is 3.55. The highest BCUT2D eigenvalue weighted by molar-refractivity contribution is 6.31. The van der Waals surface area contributed by atoms with Crippen molar-refractivity contribution in [3.63, 3.8) is 0 Å². The minimum atomic E-state index is -1.00. The van der Waals surface area contributed by atoms with Gasteiger partial charge in [0.1, 0.15) is 11.4 Å². The SMILES string of the molecule is CN(Cc1ccc(F)cc1Cl)C(C)(C)C(=O)O. The van der Waals surface area contributed by atoms with Crippen molar-refractivity contribution in [3.8, 4) is 0 Å². The highest BCUT2D eigenvalue weighted by atomic mass is 35.5. The van der Waals surface area contributed by atoms with E-state index in [0.717, 1.165) is 0 Å². The van der Waals surface area contributed by atoms with Gasteiger partial charge in [-0.05, 0) is 38.6 Å². The summed E-state index contributed by atoms with van der Waals surface area (Å²) in [4.78, 5) is 12.7. The van der Waals surface area contributed by atoms with Crippen molar-refractivity contribution in [3.05, 3.63) is 34.6 Å². The van der Waals surface area contributed by atoms with E-state index in [1.54, 1.807) is 31.9 Å². The van der Waals surface area contributed by atoms with E-state index in [9.17, 15) is 9.18 Å². The van der Waals surface area contributed by atoms with Crippen LogP contribution in [0.3, 0.4) is 0 Å². The van der Waals surface area contributed by atoms with Crippen LogP contribution in [0.5, 0.6) is 0 Å². The first-order valence-electron chi connectivity index (χ1n) is 5.13. The molecule has 0 saturated carbocycles. The van der Waals surface area contributed by atoms with Crippen molar-refractivity contribution in [1.29, 1.82) is 0 Å². The first-order chi connectivity index (χ1) is 7.75. The average molecular weight is 260 g/mol. The lowest BCUT2D eigenvalue weighted by molar-refractivity contribution is -0.148. The third-order valence-corrected chi connectivity index (χ3v) is 3.25. The first-order valence-corrected chi connectivity index (χ1v) is 5.51. The van der Waals surface area contributed by atoms with Gasteiger partial charge in [0.05, 0.1) is 0 Å². The van der Waals surface area contributed by atoms with E-state index in [4.69, 9.17) is 16.7 Å². The topological polar surface area (TPSA) is 40.5 Å². The Morgan fingerprint density at radius 3 is 2.59 bits per heavy atom. The van der Waals surface area contributed by atoms with Crippen molar-refractivity contribution in [1.82, 2.24) is 4.90 Å². The van der Waals surface area contributed by atoms with Crippen LogP contribution in [0.2, 0.25) is 5.02 Å². The number of benzene rings is 1. The van der Waals surface area contributed by atoms with Gasteiger partial charge < -0.3 is 5.11 Å². The molecule has 17 heavy (non-hydrogen) atoms. The fraction of sp³-hybridized carbons (Fsp3) is 0.417. The van der Waals surface area contributed by atoms with E-state index in [2.05, 4.69) is 0 Å². The molecule has 94 valence electrons. The van der Waals surface area contributed by atoms with Gasteiger partial charge in [0, 0.05) is 11.6 Å². The number of likely N-dealkylation sites (N-methyl/N-ethyl adjacent to an activating group) is 1. The van der Waals surface area contributed by atoms with Crippen LogP contribution in [0, 0.1) is 5.82 Å². The molecule has 5 heteroatoms. The lowest BCUT2D eigenvalue weighted by Crippen LogP contribution is -2.47. The Morgan fingerprint density at radius 2 is 2.12 bits per heavy atom. The van der Waals surface area contributed by atoms with Crippen molar-refractivity contribution >= 4 is 17.6 Å². The molecule has 0 aromatic heterocycles. The zero-order valence-electron chi connectivity index (χ0n) is 10.00. The Labute approximate surface area is 105 Å². The molecule has 0 aliphatic heterocycles. The van der Waals surface area contributed by atoms with Gasteiger partial charge in [-0.25, -0.2) is 4.39 Å². The summed E-state index contributed by atoms with van der Waals surface area (Å²) in [6.07, 6.45) is 0. The summed E-state index contributed by atoms with van der Waals surface area (Å²) in [5.74, 6) is -1.32. The maximum Gasteiger partial charge on any atom is 0.323 e. The quantitative estimate of drug-likeness (QED) is 0.904. The fourth-order valence-corrected chi connectivity index (χ4v) is 1.49. The molecule has 3 nitrogen and oxygen atoms in total. The average Bonchev–Trinajstić information content (AvgIpc) is 2.21. The molecule has 0 spiro atoms. The van der Waals surface area contributed by atoms with Crippen molar-refractivity contribution in [2.24, 2.45) is 0 Å². The van der Waals surface area contributed by atoms with Gasteiger partial charge in [-0.3, -0.25) is 9.69 Å². The van der Waals surface area contributed by atoms with Crippen molar-refractivity contribution in [2.45, 2.75) is 25.9 Å². The van der Waals surface area contributed by atoms with E-state index < -0.39 is 17.3 Å². The summed E-state index contributed by atoms with van der Waals surface area (Å²) < 4.78 is 12.9. The Balaban J connectivity index is 2.88. The highest BCUT2D eigenvalue weighted by Gasteiger charge is 2.32. The number of carbonyl (C=O) groups is 1. The van der Waals surface area contributed by atoms with E-state index in [1.165, 1.54) is 12.1 Å². The largest absolute Gasteiger partial charge is 0.480 e. The number of aliphatic carboxylic acids is 1. The molecule has 0 amide bonds. The molecule has 0 aliphatic rings. The van der Waals surface area contributed by atoms with Gasteiger partial charge in [-0.1, -0.05) is 17.7 Å². The zero-order chi connectivity index (χ0) is 13.2. The Hall–Kier alpha value is -1.13. The number of carboxylic acids is 1. The number of hydrogen-bond acceptors (Lipinski definition) is 2. The van der Waals surface area contributed by atoms with E-state index in [-0.39, 0.29) is 0 Å². The summed E-state index contributed by atoms with van der Waals surface area (Å²) in [5, 5.41) is 9.37. The Kier molecular flexibility index (Phi) is 4.11. The van der Waals surface area contributed by atoms with Crippen molar-refractivity contribution in [2.75, 3.05) is 7.05 Å². The second kappa shape index (κ2) is 5.02. The summed E-state index contributed by atoms with van der Waals surface area (Å²) >= 11 is 5.89. The van der Waals surface area contributed by atoms with E-state index in [1.807, 2.05) is 0 Å². The van der Waals surface area contributed by atoms with Gasteiger partial charge in [0.2, 0.25) is 0 Å². The van der Waals surface area contributed by atoms with Crippen LogP contribution in [0.1, 0.15) is 19.4 Å². The summed E-state index contributed by atoms with van der Waals surface area (Å²) in [6, 6.07) is 4.09. The molecule has 0 fully saturated rings. The van der Waals surface area contributed by atoms with Gasteiger partial charge in [-0.15, -0.1) is 0 Å².